The number of methoxy groups -OCH3 is 1. The first-order valence-corrected chi connectivity index (χ1v) is 7.47. The maximum absolute atomic E-state index is 12.5. The van der Waals surface area contributed by atoms with E-state index in [9.17, 15) is 4.79 Å². The molecule has 20 heavy (non-hydrogen) atoms. The summed E-state index contributed by atoms with van der Waals surface area (Å²) in [4.78, 5) is 14.5. The lowest BCUT2D eigenvalue weighted by Gasteiger charge is -2.35. The van der Waals surface area contributed by atoms with Crippen LogP contribution in [0.15, 0.2) is 0 Å². The Hall–Kier alpha value is -1.52. The molecule has 1 aromatic rings. The summed E-state index contributed by atoms with van der Waals surface area (Å²) in [7, 11) is 3.61. The molecule has 1 aliphatic carbocycles. The molecule has 1 saturated carbocycles. The molecule has 0 aromatic carbocycles. The average molecular weight is 277 g/mol. The number of carbonyl (C=O) groups excluding carboxylic acids is 1. The minimum atomic E-state index is 0.270. The molecule has 2 heterocycles. The molecule has 1 aromatic heterocycles. The summed E-state index contributed by atoms with van der Waals surface area (Å²) in [5.74, 6) is 2.06. The van der Waals surface area contributed by atoms with Crippen LogP contribution >= 0.6 is 0 Å². The van der Waals surface area contributed by atoms with Crippen LogP contribution in [0.3, 0.4) is 0 Å². The molecule has 0 unspecified atom stereocenters. The van der Waals surface area contributed by atoms with Gasteiger partial charge in [-0.25, -0.2) is 0 Å². The number of amides is 1. The number of nitrogens with zero attached hydrogens (tertiary/aromatic N) is 3. The average Bonchev–Trinajstić information content (AvgIpc) is 2.59. The number of hydrogen-bond donors (Lipinski definition) is 0. The summed E-state index contributed by atoms with van der Waals surface area (Å²) in [5.41, 5.74) is 2.38. The van der Waals surface area contributed by atoms with E-state index in [2.05, 4.69) is 12.0 Å². The highest BCUT2D eigenvalue weighted by molar-refractivity contribution is 5.79. The lowest BCUT2D eigenvalue weighted by molar-refractivity contribution is -0.139. The molecule has 1 fully saturated rings. The summed E-state index contributed by atoms with van der Waals surface area (Å²) in [6, 6.07) is 0. The molecule has 3 rings (SSSR count). The zero-order valence-electron chi connectivity index (χ0n) is 12.6. The predicted octanol–water partition coefficient (Wildman–Crippen LogP) is 1.40. The van der Waals surface area contributed by atoms with Gasteiger partial charge in [-0.15, -0.1) is 5.10 Å². The summed E-state index contributed by atoms with van der Waals surface area (Å²) in [6.45, 7) is 3.82. The lowest BCUT2D eigenvalue weighted by Crippen LogP contribution is -2.42. The number of aryl methyl sites for hydroxylation is 1. The van der Waals surface area contributed by atoms with E-state index in [1.54, 1.807) is 7.11 Å². The monoisotopic (exact) mass is 277 g/mol. The third kappa shape index (κ3) is 2.19. The summed E-state index contributed by atoms with van der Waals surface area (Å²) < 4.78 is 7.24. The number of carbonyl (C=O) groups is 1. The second-order valence-corrected chi connectivity index (χ2v) is 6.16. The normalized spacial score (nSPS) is 25.6. The second kappa shape index (κ2) is 5.11. The number of rotatable bonds is 2. The summed E-state index contributed by atoms with van der Waals surface area (Å²) >= 11 is 0. The minimum absolute atomic E-state index is 0.270. The Labute approximate surface area is 119 Å². The molecule has 0 atom stereocenters. The molecule has 1 amide bonds. The molecule has 0 bridgehead atoms. The molecule has 110 valence electrons. The molecular formula is C15H23N3O2. The van der Waals surface area contributed by atoms with Crippen molar-refractivity contribution >= 4 is 5.91 Å². The van der Waals surface area contributed by atoms with Crippen molar-refractivity contribution in [1.29, 1.82) is 0 Å². The molecule has 5 nitrogen and oxygen atoms in total. The Kier molecular flexibility index (Phi) is 3.44. The zero-order valence-corrected chi connectivity index (χ0v) is 12.6. The number of aromatic nitrogens is 2. The highest BCUT2D eigenvalue weighted by Crippen LogP contribution is 2.35. The molecule has 0 N–H and O–H groups in total. The van der Waals surface area contributed by atoms with Gasteiger partial charge < -0.3 is 9.64 Å². The van der Waals surface area contributed by atoms with Crippen molar-refractivity contribution in [2.75, 3.05) is 20.2 Å². The Morgan fingerprint density at radius 2 is 2.00 bits per heavy atom. The first kappa shape index (κ1) is 13.5. The van der Waals surface area contributed by atoms with E-state index in [4.69, 9.17) is 4.74 Å². The Morgan fingerprint density at radius 1 is 1.30 bits per heavy atom. The smallest absolute Gasteiger partial charge is 0.236 e. The molecule has 0 radical (unpaired) electrons. The van der Waals surface area contributed by atoms with E-state index in [-0.39, 0.29) is 5.92 Å². The van der Waals surface area contributed by atoms with Gasteiger partial charge in [-0.2, -0.15) is 0 Å². The fourth-order valence-electron chi connectivity index (χ4n) is 3.49. The van der Waals surface area contributed by atoms with E-state index in [0.29, 0.717) is 11.8 Å². The van der Waals surface area contributed by atoms with Gasteiger partial charge in [-0.05, 0) is 25.2 Å². The van der Waals surface area contributed by atoms with Gasteiger partial charge in [-0.3, -0.25) is 9.48 Å². The second-order valence-electron chi connectivity index (χ2n) is 6.16. The Morgan fingerprint density at radius 3 is 2.65 bits per heavy atom. The van der Waals surface area contributed by atoms with E-state index in [1.807, 2.05) is 16.6 Å². The van der Waals surface area contributed by atoms with Crippen molar-refractivity contribution in [3.8, 4) is 5.88 Å². The van der Waals surface area contributed by atoms with Gasteiger partial charge in [0.25, 0.3) is 0 Å². The quantitative estimate of drug-likeness (QED) is 0.821. The van der Waals surface area contributed by atoms with Crippen molar-refractivity contribution in [3.63, 3.8) is 0 Å². The molecule has 0 saturated heterocycles. The molecule has 1 aliphatic heterocycles. The van der Waals surface area contributed by atoms with Crippen LogP contribution in [0, 0.1) is 11.8 Å². The molecule has 5 heteroatoms. The van der Waals surface area contributed by atoms with E-state index >= 15 is 0 Å². The van der Waals surface area contributed by atoms with Crippen molar-refractivity contribution in [2.24, 2.45) is 18.9 Å². The largest absolute Gasteiger partial charge is 0.480 e. The molecule has 0 spiro atoms. The van der Waals surface area contributed by atoms with Crippen molar-refractivity contribution in [2.45, 2.75) is 32.6 Å². The topological polar surface area (TPSA) is 47.4 Å². The van der Waals surface area contributed by atoms with Gasteiger partial charge >= 0.3 is 0 Å². The minimum Gasteiger partial charge on any atom is -0.480 e. The molecule has 2 aliphatic rings. The van der Waals surface area contributed by atoms with Gasteiger partial charge in [-0.1, -0.05) is 6.92 Å². The zero-order chi connectivity index (χ0) is 14.3. The van der Waals surface area contributed by atoms with Crippen molar-refractivity contribution in [3.05, 3.63) is 11.3 Å². The van der Waals surface area contributed by atoms with Crippen LogP contribution < -0.4 is 4.74 Å². The SMILES string of the molecule is COc1nn(C)c2c1CCN(C(=O)C1CC(C)C1)CC2. The fraction of sp³-hybridized carbons (Fsp3) is 0.733. The first-order chi connectivity index (χ1) is 9.60. The van der Waals surface area contributed by atoms with Crippen LogP contribution in [-0.2, 0) is 24.7 Å². The van der Waals surface area contributed by atoms with Gasteiger partial charge in [0.05, 0.1) is 7.11 Å². The van der Waals surface area contributed by atoms with Crippen LogP contribution in [0.5, 0.6) is 5.88 Å². The summed E-state index contributed by atoms with van der Waals surface area (Å²) in [6.07, 6.45) is 3.84. The number of hydrogen-bond acceptors (Lipinski definition) is 3. The van der Waals surface area contributed by atoms with E-state index in [0.717, 1.165) is 44.7 Å². The third-order valence-corrected chi connectivity index (χ3v) is 4.72. The van der Waals surface area contributed by atoms with Crippen molar-refractivity contribution in [1.82, 2.24) is 14.7 Å². The highest BCUT2D eigenvalue weighted by Gasteiger charge is 2.35. The highest BCUT2D eigenvalue weighted by atomic mass is 16.5. The maximum Gasteiger partial charge on any atom is 0.236 e. The Balaban J connectivity index is 1.71. The van der Waals surface area contributed by atoms with Crippen LogP contribution in [0.1, 0.15) is 31.0 Å². The maximum atomic E-state index is 12.5. The van der Waals surface area contributed by atoms with Gasteiger partial charge in [0, 0.05) is 43.7 Å². The van der Waals surface area contributed by atoms with Crippen LogP contribution in [0.4, 0.5) is 0 Å². The predicted molar refractivity (Wildman–Crippen MR) is 75.6 cm³/mol. The molecular weight excluding hydrogens is 254 g/mol. The van der Waals surface area contributed by atoms with Crippen LogP contribution in [-0.4, -0.2) is 40.8 Å². The van der Waals surface area contributed by atoms with Gasteiger partial charge in [0.1, 0.15) is 0 Å². The fourth-order valence-corrected chi connectivity index (χ4v) is 3.49. The standard InChI is InChI=1S/C15H23N3O2/c1-10-8-11(9-10)15(19)18-6-4-12-13(5-7-18)17(2)16-14(12)20-3/h10-11H,4-9H2,1-3H3. The van der Waals surface area contributed by atoms with E-state index in [1.165, 1.54) is 11.3 Å². The Bertz CT molecular complexity index is 517. The first-order valence-electron chi connectivity index (χ1n) is 7.47. The number of ether oxygens (including phenoxy) is 1. The van der Waals surface area contributed by atoms with Gasteiger partial charge in [0.15, 0.2) is 0 Å². The van der Waals surface area contributed by atoms with Crippen LogP contribution in [0.2, 0.25) is 0 Å². The lowest BCUT2D eigenvalue weighted by atomic mass is 9.75. The van der Waals surface area contributed by atoms with Gasteiger partial charge in [0.2, 0.25) is 11.8 Å². The van der Waals surface area contributed by atoms with E-state index < -0.39 is 0 Å². The third-order valence-electron chi connectivity index (χ3n) is 4.72. The van der Waals surface area contributed by atoms with Crippen LogP contribution in [0.25, 0.3) is 0 Å². The number of fused-ring (bicyclic) bond motifs is 1. The van der Waals surface area contributed by atoms with Crippen molar-refractivity contribution < 1.29 is 9.53 Å². The summed E-state index contributed by atoms with van der Waals surface area (Å²) in [5, 5.41) is 4.39.